The van der Waals surface area contributed by atoms with E-state index >= 15 is 0 Å². The van der Waals surface area contributed by atoms with Crippen LogP contribution in [0.5, 0.6) is 0 Å². The lowest BCUT2D eigenvalue weighted by atomic mass is 10.1. The van der Waals surface area contributed by atoms with Gasteiger partial charge in [0.1, 0.15) is 0 Å². The van der Waals surface area contributed by atoms with E-state index in [4.69, 9.17) is 0 Å². The number of amides is 1. The molecule has 18 heavy (non-hydrogen) atoms. The van der Waals surface area contributed by atoms with Crippen LogP contribution in [0.3, 0.4) is 0 Å². The fourth-order valence-corrected chi connectivity index (χ4v) is 2.89. The molecule has 1 N–H and O–H groups in total. The molecule has 1 aliphatic rings. The van der Waals surface area contributed by atoms with Gasteiger partial charge in [0.15, 0.2) is 0 Å². The molecule has 1 heterocycles. The Morgan fingerprint density at radius 3 is 3.11 bits per heavy atom. The fraction of sp³-hybridized carbons (Fsp3) is 0.500. The number of halogens is 1. The number of likely N-dealkylation sites (tertiary alicyclic amines) is 1. The Hall–Kier alpha value is -0.870. The van der Waals surface area contributed by atoms with Crippen LogP contribution in [0.4, 0.5) is 0 Å². The molecule has 98 valence electrons. The van der Waals surface area contributed by atoms with Crippen molar-refractivity contribution in [2.24, 2.45) is 5.92 Å². The van der Waals surface area contributed by atoms with Gasteiger partial charge in [0.2, 0.25) is 5.91 Å². The number of benzene rings is 1. The normalized spacial score (nSPS) is 19.2. The second-order valence-corrected chi connectivity index (χ2v) is 5.77. The van der Waals surface area contributed by atoms with Gasteiger partial charge in [-0.15, -0.1) is 0 Å². The maximum absolute atomic E-state index is 12.2. The second-order valence-electron chi connectivity index (χ2n) is 4.86. The summed E-state index contributed by atoms with van der Waals surface area (Å²) in [4.78, 5) is 14.2. The lowest BCUT2D eigenvalue weighted by Gasteiger charge is -2.16. The quantitative estimate of drug-likeness (QED) is 0.923. The molecule has 1 aromatic rings. The predicted molar refractivity (Wildman–Crippen MR) is 76.5 cm³/mol. The summed E-state index contributed by atoms with van der Waals surface area (Å²) >= 11 is 3.43. The molecule has 1 saturated heterocycles. The van der Waals surface area contributed by atoms with E-state index in [9.17, 15) is 4.79 Å². The molecule has 4 heteroatoms. The number of carbonyl (C=O) groups is 1. The summed E-state index contributed by atoms with van der Waals surface area (Å²) in [5, 5.41) is 3.18. The Balaban J connectivity index is 1.89. The van der Waals surface area contributed by atoms with Crippen molar-refractivity contribution in [3.05, 3.63) is 34.3 Å². The van der Waals surface area contributed by atoms with Crippen molar-refractivity contribution < 1.29 is 4.79 Å². The Labute approximate surface area is 117 Å². The smallest absolute Gasteiger partial charge is 0.227 e. The first kappa shape index (κ1) is 13.6. The summed E-state index contributed by atoms with van der Waals surface area (Å²) in [5.74, 6) is 0.855. The van der Waals surface area contributed by atoms with Gasteiger partial charge in [-0.05, 0) is 43.6 Å². The summed E-state index contributed by atoms with van der Waals surface area (Å²) < 4.78 is 1.03. The van der Waals surface area contributed by atoms with Gasteiger partial charge in [0, 0.05) is 17.6 Å². The van der Waals surface area contributed by atoms with E-state index in [1.165, 1.54) is 0 Å². The van der Waals surface area contributed by atoms with Gasteiger partial charge in [0.05, 0.1) is 6.42 Å². The summed E-state index contributed by atoms with van der Waals surface area (Å²) in [6.07, 6.45) is 1.62. The third-order valence-corrected chi connectivity index (χ3v) is 3.87. The van der Waals surface area contributed by atoms with Crippen LogP contribution in [0.2, 0.25) is 0 Å². The van der Waals surface area contributed by atoms with Crippen LogP contribution in [0.15, 0.2) is 28.7 Å². The average molecular weight is 311 g/mol. The van der Waals surface area contributed by atoms with E-state index in [1.54, 1.807) is 0 Å². The Kier molecular flexibility index (Phi) is 4.78. The molecule has 0 saturated carbocycles. The molecule has 0 aromatic heterocycles. The number of rotatable bonds is 4. The largest absolute Gasteiger partial charge is 0.342 e. The minimum atomic E-state index is 0.242. The van der Waals surface area contributed by atoms with E-state index in [0.29, 0.717) is 12.3 Å². The number of nitrogens with zero attached hydrogens (tertiary/aromatic N) is 1. The summed E-state index contributed by atoms with van der Waals surface area (Å²) in [6, 6.07) is 7.97. The summed E-state index contributed by atoms with van der Waals surface area (Å²) in [7, 11) is 1.96. The van der Waals surface area contributed by atoms with Crippen LogP contribution < -0.4 is 5.32 Å². The third-order valence-electron chi connectivity index (χ3n) is 3.38. The van der Waals surface area contributed by atoms with E-state index < -0.39 is 0 Å². The zero-order valence-electron chi connectivity index (χ0n) is 10.7. The number of carbonyl (C=O) groups excluding carboxylic acids is 1. The van der Waals surface area contributed by atoms with Crippen molar-refractivity contribution in [1.29, 1.82) is 0 Å². The minimum Gasteiger partial charge on any atom is -0.342 e. The number of hydrogen-bond acceptors (Lipinski definition) is 2. The van der Waals surface area contributed by atoms with E-state index in [2.05, 4.69) is 21.2 Å². The highest BCUT2D eigenvalue weighted by molar-refractivity contribution is 9.10. The Morgan fingerprint density at radius 2 is 2.39 bits per heavy atom. The maximum atomic E-state index is 12.2. The van der Waals surface area contributed by atoms with E-state index in [-0.39, 0.29) is 5.91 Å². The first-order chi connectivity index (χ1) is 8.69. The average Bonchev–Trinajstić information content (AvgIpc) is 2.78. The van der Waals surface area contributed by atoms with Crippen LogP contribution in [-0.4, -0.2) is 37.5 Å². The van der Waals surface area contributed by atoms with Gasteiger partial charge in [0.25, 0.3) is 0 Å². The molecule has 2 rings (SSSR count). The molecule has 1 fully saturated rings. The topological polar surface area (TPSA) is 32.3 Å². The minimum absolute atomic E-state index is 0.242. The molecule has 0 bridgehead atoms. The van der Waals surface area contributed by atoms with Gasteiger partial charge >= 0.3 is 0 Å². The van der Waals surface area contributed by atoms with Crippen molar-refractivity contribution in [3.8, 4) is 0 Å². The van der Waals surface area contributed by atoms with E-state index in [0.717, 1.165) is 36.1 Å². The lowest BCUT2D eigenvalue weighted by molar-refractivity contribution is -0.129. The molecule has 0 spiro atoms. The van der Waals surface area contributed by atoms with Crippen LogP contribution in [0.25, 0.3) is 0 Å². The molecule has 1 unspecified atom stereocenters. The third kappa shape index (κ3) is 3.56. The molecular weight excluding hydrogens is 292 g/mol. The summed E-state index contributed by atoms with van der Waals surface area (Å²) in [5.41, 5.74) is 1.08. The molecule has 1 aliphatic heterocycles. The van der Waals surface area contributed by atoms with Crippen LogP contribution in [0, 0.1) is 5.92 Å². The molecule has 1 atom stereocenters. The molecular formula is C14H19BrN2O. The van der Waals surface area contributed by atoms with Gasteiger partial charge in [-0.1, -0.05) is 28.1 Å². The molecule has 1 aromatic carbocycles. The lowest BCUT2D eigenvalue weighted by Crippen LogP contribution is -2.31. The van der Waals surface area contributed by atoms with E-state index in [1.807, 2.05) is 36.2 Å². The maximum Gasteiger partial charge on any atom is 0.227 e. The monoisotopic (exact) mass is 310 g/mol. The van der Waals surface area contributed by atoms with Crippen LogP contribution >= 0.6 is 15.9 Å². The second kappa shape index (κ2) is 6.34. The van der Waals surface area contributed by atoms with Gasteiger partial charge in [-0.2, -0.15) is 0 Å². The Bertz CT molecular complexity index is 422. The fourth-order valence-electron chi connectivity index (χ4n) is 2.45. The van der Waals surface area contributed by atoms with Gasteiger partial charge in [-0.3, -0.25) is 4.79 Å². The van der Waals surface area contributed by atoms with Crippen molar-refractivity contribution in [2.45, 2.75) is 12.8 Å². The first-order valence-corrected chi connectivity index (χ1v) is 7.15. The van der Waals surface area contributed by atoms with Crippen LogP contribution in [-0.2, 0) is 11.2 Å². The SMILES string of the molecule is CNCC1CCN(C(=O)Cc2cccc(Br)c2)C1. The standard InChI is InChI=1S/C14H19BrN2O/c1-16-9-12-5-6-17(10-12)14(18)8-11-3-2-4-13(15)7-11/h2-4,7,12,16H,5-6,8-10H2,1H3. The van der Waals surface area contributed by atoms with Gasteiger partial charge in [-0.25, -0.2) is 0 Å². The highest BCUT2D eigenvalue weighted by atomic mass is 79.9. The Morgan fingerprint density at radius 1 is 1.56 bits per heavy atom. The molecule has 0 aliphatic carbocycles. The zero-order valence-corrected chi connectivity index (χ0v) is 12.2. The number of hydrogen-bond donors (Lipinski definition) is 1. The summed E-state index contributed by atoms with van der Waals surface area (Å²) in [6.45, 7) is 2.80. The van der Waals surface area contributed by atoms with Gasteiger partial charge < -0.3 is 10.2 Å². The zero-order chi connectivity index (χ0) is 13.0. The van der Waals surface area contributed by atoms with Crippen molar-refractivity contribution in [1.82, 2.24) is 10.2 Å². The number of nitrogens with one attached hydrogen (secondary N) is 1. The predicted octanol–water partition coefficient (Wildman–Crippen LogP) is 2.06. The molecule has 1 amide bonds. The molecule has 0 radical (unpaired) electrons. The first-order valence-electron chi connectivity index (χ1n) is 6.36. The van der Waals surface area contributed by atoms with Crippen molar-refractivity contribution in [3.63, 3.8) is 0 Å². The van der Waals surface area contributed by atoms with Crippen molar-refractivity contribution >= 4 is 21.8 Å². The highest BCUT2D eigenvalue weighted by Gasteiger charge is 2.25. The van der Waals surface area contributed by atoms with Crippen LogP contribution in [0.1, 0.15) is 12.0 Å². The molecule has 3 nitrogen and oxygen atoms in total. The van der Waals surface area contributed by atoms with Crippen molar-refractivity contribution in [2.75, 3.05) is 26.7 Å². The highest BCUT2D eigenvalue weighted by Crippen LogP contribution is 2.18.